The maximum absolute atomic E-state index is 12.5. The van der Waals surface area contributed by atoms with Gasteiger partial charge in [0.1, 0.15) is 5.58 Å². The molecule has 0 unspecified atom stereocenters. The number of para-hydroxylation sites is 1. The second-order valence-corrected chi connectivity index (χ2v) is 5.97. The van der Waals surface area contributed by atoms with E-state index in [1.165, 1.54) is 0 Å². The molecule has 0 saturated heterocycles. The molecule has 2 aromatic rings. The van der Waals surface area contributed by atoms with Crippen molar-refractivity contribution < 1.29 is 14.0 Å². The van der Waals surface area contributed by atoms with Crippen LogP contribution in [0.3, 0.4) is 0 Å². The molecule has 5 nitrogen and oxygen atoms in total. The summed E-state index contributed by atoms with van der Waals surface area (Å²) in [7, 11) is 0. The molecule has 0 radical (unpaired) electrons. The number of allylic oxidation sites excluding steroid dienone is 4. The zero-order chi connectivity index (χ0) is 17.6. The Bertz CT molecular complexity index is 1020. The molecule has 24 heavy (non-hydrogen) atoms. The predicted molar refractivity (Wildman–Crippen MR) is 91.7 cm³/mol. The van der Waals surface area contributed by atoms with Crippen LogP contribution in [-0.4, -0.2) is 11.6 Å². The smallest absolute Gasteiger partial charge is 0.341 e. The molecule has 3 rings (SSSR count). The van der Waals surface area contributed by atoms with Crippen molar-refractivity contribution >= 4 is 28.2 Å². The van der Waals surface area contributed by atoms with Gasteiger partial charge in [-0.05, 0) is 32.9 Å². The lowest BCUT2D eigenvalue weighted by Gasteiger charge is -2.19. The Labute approximate surface area is 138 Å². The fourth-order valence-corrected chi connectivity index (χ4v) is 2.92. The van der Waals surface area contributed by atoms with Gasteiger partial charge in [0.05, 0.1) is 11.3 Å². The van der Waals surface area contributed by atoms with Gasteiger partial charge in [-0.2, -0.15) is 0 Å². The van der Waals surface area contributed by atoms with Gasteiger partial charge in [0.25, 0.3) is 0 Å². The van der Waals surface area contributed by atoms with Gasteiger partial charge in [-0.25, -0.2) is 4.79 Å². The summed E-state index contributed by atoms with van der Waals surface area (Å²) in [5, 5.41) is 0.614. The number of hydrogen-bond donors (Lipinski definition) is 1. The number of anilines is 1. The van der Waals surface area contributed by atoms with Crippen molar-refractivity contribution in [2.75, 3.05) is 5.73 Å². The lowest BCUT2D eigenvalue weighted by Crippen LogP contribution is -2.24. The zero-order valence-corrected chi connectivity index (χ0v) is 13.7. The maximum atomic E-state index is 12.5. The molecule has 0 atom stereocenters. The van der Waals surface area contributed by atoms with E-state index in [9.17, 15) is 14.4 Å². The molecule has 1 aliphatic carbocycles. The molecule has 0 aliphatic heterocycles. The normalized spacial score (nSPS) is 15.6. The van der Waals surface area contributed by atoms with E-state index in [1.54, 1.807) is 45.0 Å². The average Bonchev–Trinajstić information content (AvgIpc) is 2.57. The standard InChI is InChI=1S/C19H17NO4/c1-9-10(2)18(22)13(11(3)17(9)21)8-14-16(20)12-6-4-5-7-15(12)24-19(14)23/h4-7H,8,20H2,1-3H3. The number of rotatable bonds is 2. The van der Waals surface area contributed by atoms with Crippen LogP contribution in [0.5, 0.6) is 0 Å². The number of Topliss-reactive ketones (excluding diaryl/α,β-unsaturated/α-hetero) is 2. The van der Waals surface area contributed by atoms with Gasteiger partial charge in [-0.3, -0.25) is 9.59 Å². The lowest BCUT2D eigenvalue weighted by molar-refractivity contribution is -0.116. The number of benzene rings is 1. The van der Waals surface area contributed by atoms with E-state index >= 15 is 0 Å². The first-order valence-electron chi connectivity index (χ1n) is 7.59. The highest BCUT2D eigenvalue weighted by Gasteiger charge is 2.29. The van der Waals surface area contributed by atoms with Crippen molar-refractivity contribution in [2.24, 2.45) is 0 Å². The van der Waals surface area contributed by atoms with Crippen LogP contribution in [-0.2, 0) is 16.0 Å². The number of fused-ring (bicyclic) bond motifs is 1. The van der Waals surface area contributed by atoms with Gasteiger partial charge in [-0.15, -0.1) is 0 Å². The summed E-state index contributed by atoms with van der Waals surface area (Å²) < 4.78 is 5.29. The van der Waals surface area contributed by atoms with Crippen LogP contribution in [0.1, 0.15) is 26.3 Å². The van der Waals surface area contributed by atoms with Crippen molar-refractivity contribution in [3.05, 3.63) is 62.5 Å². The van der Waals surface area contributed by atoms with E-state index in [4.69, 9.17) is 10.2 Å². The molecule has 1 aromatic carbocycles. The van der Waals surface area contributed by atoms with Gasteiger partial charge in [0, 0.05) is 34.1 Å². The van der Waals surface area contributed by atoms with Crippen molar-refractivity contribution in [1.29, 1.82) is 0 Å². The summed E-state index contributed by atoms with van der Waals surface area (Å²) in [6.07, 6.45) is -0.0139. The molecule has 0 saturated carbocycles. The maximum Gasteiger partial charge on any atom is 0.341 e. The minimum Gasteiger partial charge on any atom is -0.422 e. The molecule has 0 amide bonds. The van der Waals surface area contributed by atoms with Crippen LogP contribution in [0.2, 0.25) is 0 Å². The predicted octanol–water partition coefficient (Wildman–Crippen LogP) is 2.72. The Morgan fingerprint density at radius 1 is 0.917 bits per heavy atom. The van der Waals surface area contributed by atoms with Crippen molar-refractivity contribution in [2.45, 2.75) is 27.2 Å². The van der Waals surface area contributed by atoms with Crippen LogP contribution >= 0.6 is 0 Å². The molecule has 122 valence electrons. The molecule has 0 bridgehead atoms. The summed E-state index contributed by atoms with van der Waals surface area (Å²) >= 11 is 0. The van der Waals surface area contributed by atoms with Crippen LogP contribution in [0.15, 0.2) is 55.8 Å². The first kappa shape index (κ1) is 15.9. The zero-order valence-electron chi connectivity index (χ0n) is 13.7. The van der Waals surface area contributed by atoms with Crippen molar-refractivity contribution in [3.8, 4) is 0 Å². The molecular formula is C19H17NO4. The number of carbonyl (C=O) groups excluding carboxylic acids is 2. The van der Waals surface area contributed by atoms with E-state index in [2.05, 4.69) is 0 Å². The molecule has 1 aromatic heterocycles. The molecule has 0 fully saturated rings. The summed E-state index contributed by atoms with van der Waals surface area (Å²) in [6.45, 7) is 4.85. The van der Waals surface area contributed by atoms with E-state index in [0.29, 0.717) is 33.3 Å². The Morgan fingerprint density at radius 3 is 2.25 bits per heavy atom. The number of carbonyl (C=O) groups is 2. The third-order valence-corrected chi connectivity index (χ3v) is 4.62. The van der Waals surface area contributed by atoms with Gasteiger partial charge >= 0.3 is 5.63 Å². The van der Waals surface area contributed by atoms with Gasteiger partial charge in [0.15, 0.2) is 11.6 Å². The lowest BCUT2D eigenvalue weighted by atomic mass is 9.83. The van der Waals surface area contributed by atoms with E-state index in [-0.39, 0.29) is 29.2 Å². The number of nitrogen functional groups attached to an aromatic ring is 1. The Morgan fingerprint density at radius 2 is 1.54 bits per heavy atom. The highest BCUT2D eigenvalue weighted by atomic mass is 16.4. The summed E-state index contributed by atoms with van der Waals surface area (Å²) in [4.78, 5) is 37.1. The molecular weight excluding hydrogens is 306 g/mol. The van der Waals surface area contributed by atoms with Crippen molar-refractivity contribution in [3.63, 3.8) is 0 Å². The summed E-state index contributed by atoms with van der Waals surface area (Å²) in [5.74, 6) is -0.401. The molecule has 2 N–H and O–H groups in total. The summed E-state index contributed by atoms with van der Waals surface area (Å²) in [5.41, 5.74) is 7.94. The van der Waals surface area contributed by atoms with Crippen LogP contribution in [0.4, 0.5) is 5.69 Å². The third kappa shape index (κ3) is 2.29. The second kappa shape index (κ2) is 5.60. The number of hydrogen-bond acceptors (Lipinski definition) is 5. The number of ketones is 2. The Hall–Kier alpha value is -2.95. The minimum atomic E-state index is -0.587. The highest BCUT2D eigenvalue weighted by molar-refractivity contribution is 6.24. The molecule has 5 heteroatoms. The van der Waals surface area contributed by atoms with E-state index in [1.807, 2.05) is 0 Å². The fourth-order valence-electron chi connectivity index (χ4n) is 2.92. The van der Waals surface area contributed by atoms with Gasteiger partial charge in [0.2, 0.25) is 0 Å². The SMILES string of the molecule is CC1=C(C)C(=O)C(Cc2c(N)c3ccccc3oc2=O)=C(C)C1=O. The Kier molecular flexibility index (Phi) is 3.72. The highest BCUT2D eigenvalue weighted by Crippen LogP contribution is 2.29. The second-order valence-electron chi connectivity index (χ2n) is 5.97. The summed E-state index contributed by atoms with van der Waals surface area (Å²) in [6, 6.07) is 6.95. The first-order valence-corrected chi connectivity index (χ1v) is 7.59. The quantitative estimate of drug-likeness (QED) is 0.678. The Balaban J connectivity index is 2.16. The van der Waals surface area contributed by atoms with Gasteiger partial charge in [-0.1, -0.05) is 12.1 Å². The third-order valence-electron chi connectivity index (χ3n) is 4.62. The van der Waals surface area contributed by atoms with Crippen molar-refractivity contribution in [1.82, 2.24) is 0 Å². The topological polar surface area (TPSA) is 90.4 Å². The fraction of sp³-hybridized carbons (Fsp3) is 0.211. The largest absolute Gasteiger partial charge is 0.422 e. The first-order chi connectivity index (χ1) is 11.3. The van der Waals surface area contributed by atoms with Crippen LogP contribution in [0, 0.1) is 0 Å². The minimum absolute atomic E-state index is 0.0139. The average molecular weight is 323 g/mol. The van der Waals surface area contributed by atoms with E-state index in [0.717, 1.165) is 0 Å². The van der Waals surface area contributed by atoms with E-state index < -0.39 is 5.63 Å². The van der Waals surface area contributed by atoms with Gasteiger partial charge < -0.3 is 10.2 Å². The van der Waals surface area contributed by atoms with Crippen LogP contribution in [0.25, 0.3) is 11.0 Å². The monoisotopic (exact) mass is 323 g/mol. The van der Waals surface area contributed by atoms with Crippen LogP contribution < -0.4 is 11.4 Å². The molecule has 1 heterocycles. The molecule has 1 aliphatic rings. The molecule has 0 spiro atoms. The number of nitrogens with two attached hydrogens (primary N) is 1.